The van der Waals surface area contributed by atoms with Crippen molar-refractivity contribution in [3.05, 3.63) is 34.6 Å². The number of aromatic nitrogens is 3. The van der Waals surface area contributed by atoms with E-state index >= 15 is 0 Å². The molecule has 9 heteroatoms. The largest absolute Gasteiger partial charge is 0.379 e. The molecule has 0 radical (unpaired) electrons. The van der Waals surface area contributed by atoms with Crippen LogP contribution in [0.15, 0.2) is 18.3 Å². The molecule has 0 saturated carbocycles. The van der Waals surface area contributed by atoms with Crippen LogP contribution in [0.2, 0.25) is 0 Å². The maximum absolute atomic E-state index is 5.52. The summed E-state index contributed by atoms with van der Waals surface area (Å²) in [4.78, 5) is 22.0. The van der Waals surface area contributed by atoms with Crippen molar-refractivity contribution in [1.82, 2.24) is 19.9 Å². The van der Waals surface area contributed by atoms with Crippen LogP contribution in [0.3, 0.4) is 0 Å². The van der Waals surface area contributed by atoms with Crippen molar-refractivity contribution in [1.29, 1.82) is 0 Å². The van der Waals surface area contributed by atoms with Crippen molar-refractivity contribution < 1.29 is 9.47 Å². The van der Waals surface area contributed by atoms with E-state index in [1.54, 1.807) is 0 Å². The van der Waals surface area contributed by atoms with Crippen molar-refractivity contribution in [3.8, 4) is 0 Å². The molecule has 0 spiro atoms. The first-order valence-corrected chi connectivity index (χ1v) is 13.2. The highest BCUT2D eigenvalue weighted by molar-refractivity contribution is 7.19. The van der Waals surface area contributed by atoms with Crippen LogP contribution in [0.1, 0.15) is 29.6 Å². The lowest BCUT2D eigenvalue weighted by atomic mass is 9.89. The molecule has 1 aliphatic carbocycles. The molecule has 0 aromatic carbocycles. The third-order valence-corrected chi connectivity index (χ3v) is 8.16. The maximum atomic E-state index is 5.52. The highest BCUT2D eigenvalue weighted by atomic mass is 32.1. The summed E-state index contributed by atoms with van der Waals surface area (Å²) in [6.45, 7) is 9.80. The third-order valence-electron chi connectivity index (χ3n) is 7.02. The van der Waals surface area contributed by atoms with Gasteiger partial charge in [-0.1, -0.05) is 6.92 Å². The quantitative estimate of drug-likeness (QED) is 0.594. The number of ether oxygens (including phenoxy) is 2. The molecule has 2 fully saturated rings. The molecule has 1 N–H and O–H groups in total. The van der Waals surface area contributed by atoms with Crippen LogP contribution >= 0.6 is 11.3 Å². The van der Waals surface area contributed by atoms with E-state index in [9.17, 15) is 0 Å². The molecular weight excluding hydrogens is 448 g/mol. The van der Waals surface area contributed by atoms with Gasteiger partial charge in [0.05, 0.1) is 50.2 Å². The van der Waals surface area contributed by atoms with Crippen molar-refractivity contribution in [2.75, 3.05) is 62.8 Å². The summed E-state index contributed by atoms with van der Waals surface area (Å²) in [5.74, 6) is 3.52. The standard InChI is InChI=1S/C25H32N6O2S/c1-17-2-4-19-20(14-17)34-25-23(19)24(28-21(29-25)16-30-6-10-32-11-7-30)27-18-3-5-22(26-15-18)31-8-12-33-13-9-31/h3,5,15,17H,2,4,6-14,16H2,1H3,(H,27,28,29). The Balaban J connectivity index is 1.32. The van der Waals surface area contributed by atoms with Gasteiger partial charge in [-0.25, -0.2) is 15.0 Å². The second kappa shape index (κ2) is 9.73. The molecule has 6 rings (SSSR count). The van der Waals surface area contributed by atoms with Gasteiger partial charge in [-0.15, -0.1) is 11.3 Å². The zero-order chi connectivity index (χ0) is 22.9. The Bertz CT molecular complexity index is 1140. The Hall–Kier alpha value is -2.33. The van der Waals surface area contributed by atoms with Crippen molar-refractivity contribution in [2.45, 2.75) is 32.7 Å². The summed E-state index contributed by atoms with van der Waals surface area (Å²) in [6, 6.07) is 4.19. The maximum Gasteiger partial charge on any atom is 0.146 e. The lowest BCUT2D eigenvalue weighted by Crippen LogP contribution is -2.36. The molecular formula is C25H32N6O2S. The molecule has 1 atom stereocenters. The van der Waals surface area contributed by atoms with Gasteiger partial charge in [-0.3, -0.25) is 4.90 Å². The number of hydrogen-bond donors (Lipinski definition) is 1. The SMILES string of the molecule is CC1CCc2c(sc3nc(CN4CCOCC4)nc(Nc4ccc(N5CCOCC5)nc4)c23)C1. The molecule has 1 unspecified atom stereocenters. The third kappa shape index (κ3) is 4.62. The number of fused-ring (bicyclic) bond motifs is 3. The highest BCUT2D eigenvalue weighted by Crippen LogP contribution is 2.40. The molecule has 3 aromatic heterocycles. The average molecular weight is 481 g/mol. The van der Waals surface area contributed by atoms with Gasteiger partial charge in [0, 0.05) is 31.1 Å². The Morgan fingerprint density at radius 1 is 1.06 bits per heavy atom. The summed E-state index contributed by atoms with van der Waals surface area (Å²) < 4.78 is 11.0. The van der Waals surface area contributed by atoms with Crippen molar-refractivity contribution in [2.24, 2.45) is 5.92 Å². The lowest BCUT2D eigenvalue weighted by Gasteiger charge is -2.27. The predicted octanol–water partition coefficient (Wildman–Crippen LogP) is 3.62. The minimum absolute atomic E-state index is 0.731. The molecule has 3 aliphatic rings. The lowest BCUT2D eigenvalue weighted by molar-refractivity contribution is 0.0331. The van der Waals surface area contributed by atoms with Crippen molar-refractivity contribution >= 4 is 38.9 Å². The monoisotopic (exact) mass is 480 g/mol. The molecule has 3 aromatic rings. The first-order valence-electron chi connectivity index (χ1n) is 12.4. The summed E-state index contributed by atoms with van der Waals surface area (Å²) in [7, 11) is 0. The molecule has 2 aliphatic heterocycles. The molecule has 2 saturated heterocycles. The minimum atomic E-state index is 0.731. The number of nitrogens with one attached hydrogen (secondary N) is 1. The van der Waals surface area contributed by atoms with Crippen LogP contribution in [-0.4, -0.2) is 72.5 Å². The number of anilines is 3. The van der Waals surface area contributed by atoms with Crippen LogP contribution in [0.25, 0.3) is 10.2 Å². The Morgan fingerprint density at radius 2 is 1.85 bits per heavy atom. The molecule has 0 bridgehead atoms. The van der Waals surface area contributed by atoms with Crippen LogP contribution < -0.4 is 10.2 Å². The second-order valence-electron chi connectivity index (χ2n) is 9.54. The molecule has 34 heavy (non-hydrogen) atoms. The van der Waals surface area contributed by atoms with Crippen molar-refractivity contribution in [3.63, 3.8) is 0 Å². The fourth-order valence-electron chi connectivity index (χ4n) is 5.08. The summed E-state index contributed by atoms with van der Waals surface area (Å²) in [6.07, 6.45) is 5.39. The molecule has 180 valence electrons. The van der Waals surface area contributed by atoms with Gasteiger partial charge in [0.25, 0.3) is 0 Å². The Labute approximate surface area is 204 Å². The summed E-state index contributed by atoms with van der Waals surface area (Å²) in [5, 5.41) is 4.81. The fourth-order valence-corrected chi connectivity index (χ4v) is 6.48. The van der Waals surface area contributed by atoms with E-state index in [1.807, 2.05) is 17.5 Å². The smallest absolute Gasteiger partial charge is 0.146 e. The number of aryl methyl sites for hydroxylation is 1. The summed E-state index contributed by atoms with van der Waals surface area (Å²) in [5.41, 5.74) is 2.40. The van der Waals surface area contributed by atoms with Crippen LogP contribution in [0.5, 0.6) is 0 Å². The van der Waals surface area contributed by atoms with Crippen LogP contribution in [0.4, 0.5) is 17.3 Å². The highest BCUT2D eigenvalue weighted by Gasteiger charge is 2.25. The Kier molecular flexibility index (Phi) is 6.34. The van der Waals surface area contributed by atoms with E-state index in [2.05, 4.69) is 34.2 Å². The number of pyridine rings is 1. The number of nitrogens with zero attached hydrogens (tertiary/aromatic N) is 5. The topological polar surface area (TPSA) is 75.6 Å². The van der Waals surface area contributed by atoms with E-state index in [-0.39, 0.29) is 0 Å². The van der Waals surface area contributed by atoms with Gasteiger partial charge in [-0.2, -0.15) is 0 Å². The van der Waals surface area contributed by atoms with E-state index < -0.39 is 0 Å². The van der Waals surface area contributed by atoms with E-state index in [4.69, 9.17) is 24.4 Å². The number of morpholine rings is 2. The number of rotatable bonds is 5. The Morgan fingerprint density at radius 3 is 2.62 bits per heavy atom. The first kappa shape index (κ1) is 22.2. The van der Waals surface area contributed by atoms with E-state index in [0.717, 1.165) is 106 Å². The molecule has 0 amide bonds. The van der Waals surface area contributed by atoms with Gasteiger partial charge >= 0.3 is 0 Å². The van der Waals surface area contributed by atoms with Crippen LogP contribution in [0, 0.1) is 5.92 Å². The zero-order valence-electron chi connectivity index (χ0n) is 19.8. The fraction of sp³-hybridized carbons (Fsp3) is 0.560. The normalized spacial score (nSPS) is 21.6. The molecule has 8 nitrogen and oxygen atoms in total. The zero-order valence-corrected chi connectivity index (χ0v) is 20.6. The average Bonchev–Trinajstić information content (AvgIpc) is 3.23. The van der Waals surface area contributed by atoms with Gasteiger partial charge in [-0.05, 0) is 42.9 Å². The second-order valence-corrected chi connectivity index (χ2v) is 10.6. The number of hydrogen-bond acceptors (Lipinski definition) is 9. The van der Waals surface area contributed by atoms with Crippen LogP contribution in [-0.2, 0) is 28.9 Å². The van der Waals surface area contributed by atoms with E-state index in [0.29, 0.717) is 0 Å². The van der Waals surface area contributed by atoms with Gasteiger partial charge in [0.1, 0.15) is 22.3 Å². The first-order chi connectivity index (χ1) is 16.7. The van der Waals surface area contributed by atoms with Gasteiger partial charge in [0.15, 0.2) is 0 Å². The van der Waals surface area contributed by atoms with Gasteiger partial charge < -0.3 is 19.7 Å². The minimum Gasteiger partial charge on any atom is -0.379 e. The van der Waals surface area contributed by atoms with Gasteiger partial charge in [0.2, 0.25) is 0 Å². The number of thiophene rings is 1. The summed E-state index contributed by atoms with van der Waals surface area (Å²) >= 11 is 1.86. The predicted molar refractivity (Wildman–Crippen MR) is 135 cm³/mol. The van der Waals surface area contributed by atoms with E-state index in [1.165, 1.54) is 22.2 Å². The molecule has 5 heterocycles.